The standard InChI is InChI=1S/C21H24N3O3PS/c1-16-20(17(2)23-21(22-16)24(3)29(4,26)27)15-28(25,18-11-7-5-8-12-18)19-13-9-6-10-14-19/h5-14H,15H2,1-4H3. The van der Waals surface area contributed by atoms with Gasteiger partial charge in [-0.2, -0.15) is 0 Å². The van der Waals surface area contributed by atoms with Crippen molar-refractivity contribution in [3.8, 4) is 0 Å². The number of anilines is 1. The Kier molecular flexibility index (Phi) is 5.92. The van der Waals surface area contributed by atoms with Crippen molar-refractivity contribution in [2.75, 3.05) is 17.6 Å². The van der Waals surface area contributed by atoms with E-state index in [1.54, 1.807) is 13.8 Å². The van der Waals surface area contributed by atoms with Crippen LogP contribution in [0.3, 0.4) is 0 Å². The molecule has 0 aliphatic rings. The highest BCUT2D eigenvalue weighted by Gasteiger charge is 2.30. The summed E-state index contributed by atoms with van der Waals surface area (Å²) in [7, 11) is -5.03. The van der Waals surface area contributed by atoms with Crippen molar-refractivity contribution in [3.63, 3.8) is 0 Å². The van der Waals surface area contributed by atoms with Crippen molar-refractivity contribution in [1.82, 2.24) is 9.97 Å². The quantitative estimate of drug-likeness (QED) is 0.563. The van der Waals surface area contributed by atoms with Gasteiger partial charge in [-0.3, -0.25) is 0 Å². The average molecular weight is 429 g/mol. The van der Waals surface area contributed by atoms with Gasteiger partial charge in [-0.1, -0.05) is 60.7 Å². The highest BCUT2D eigenvalue weighted by molar-refractivity contribution is 7.92. The first-order valence-electron chi connectivity index (χ1n) is 9.11. The summed E-state index contributed by atoms with van der Waals surface area (Å²) < 4.78 is 39.0. The van der Waals surface area contributed by atoms with E-state index in [0.29, 0.717) is 11.4 Å². The van der Waals surface area contributed by atoms with Crippen molar-refractivity contribution in [2.24, 2.45) is 0 Å². The Labute approximate surface area is 172 Å². The van der Waals surface area contributed by atoms with Crippen LogP contribution < -0.4 is 14.9 Å². The van der Waals surface area contributed by atoms with Crippen LogP contribution >= 0.6 is 7.14 Å². The van der Waals surface area contributed by atoms with Gasteiger partial charge in [0.2, 0.25) is 16.0 Å². The summed E-state index contributed by atoms with van der Waals surface area (Å²) in [5, 5.41) is 1.53. The number of benzene rings is 2. The second-order valence-corrected chi connectivity index (χ2v) is 11.8. The van der Waals surface area contributed by atoms with E-state index >= 15 is 0 Å². The van der Waals surface area contributed by atoms with Gasteiger partial charge < -0.3 is 4.57 Å². The number of hydrogen-bond acceptors (Lipinski definition) is 5. The first kappa shape index (κ1) is 21.2. The number of nitrogens with zero attached hydrogens (tertiary/aromatic N) is 3. The predicted octanol–water partition coefficient (Wildman–Crippen LogP) is 3.00. The fourth-order valence-corrected chi connectivity index (χ4v) is 6.38. The molecule has 152 valence electrons. The third kappa shape index (κ3) is 4.41. The predicted molar refractivity (Wildman–Crippen MR) is 118 cm³/mol. The van der Waals surface area contributed by atoms with E-state index in [4.69, 9.17) is 0 Å². The molecule has 0 spiro atoms. The van der Waals surface area contributed by atoms with Crippen LogP contribution in [0.4, 0.5) is 5.95 Å². The fraction of sp³-hybridized carbons (Fsp3) is 0.238. The minimum atomic E-state index is -3.47. The van der Waals surface area contributed by atoms with E-state index in [1.807, 2.05) is 60.7 Å². The largest absolute Gasteiger partial charge is 0.313 e. The minimum Gasteiger partial charge on any atom is -0.313 e. The Balaban J connectivity index is 2.11. The Bertz CT molecular complexity index is 1100. The molecule has 0 fully saturated rings. The van der Waals surface area contributed by atoms with Crippen LogP contribution in [-0.4, -0.2) is 31.7 Å². The Morgan fingerprint density at radius 3 is 1.66 bits per heavy atom. The van der Waals surface area contributed by atoms with Gasteiger partial charge in [0, 0.05) is 40.8 Å². The van der Waals surface area contributed by atoms with Crippen LogP contribution in [0, 0.1) is 13.8 Å². The molecule has 1 heterocycles. The van der Waals surface area contributed by atoms with Crippen LogP contribution in [0.15, 0.2) is 60.7 Å². The number of hydrogen-bond donors (Lipinski definition) is 0. The third-order valence-corrected chi connectivity index (χ3v) is 9.10. The highest BCUT2D eigenvalue weighted by atomic mass is 32.2. The van der Waals surface area contributed by atoms with E-state index in [-0.39, 0.29) is 12.1 Å². The number of aromatic nitrogens is 2. The van der Waals surface area contributed by atoms with Gasteiger partial charge in [-0.05, 0) is 13.8 Å². The second-order valence-electron chi connectivity index (χ2n) is 6.97. The molecule has 0 aliphatic heterocycles. The maximum Gasteiger partial charge on any atom is 0.239 e. The number of aryl methyl sites for hydroxylation is 2. The summed E-state index contributed by atoms with van der Waals surface area (Å²) in [4.78, 5) is 8.77. The average Bonchev–Trinajstić information content (AvgIpc) is 2.70. The highest BCUT2D eigenvalue weighted by Crippen LogP contribution is 2.47. The molecular weight excluding hydrogens is 405 g/mol. The molecule has 0 bridgehead atoms. The zero-order chi connectivity index (χ0) is 21.2. The van der Waals surface area contributed by atoms with Gasteiger partial charge in [0.15, 0.2) is 0 Å². The Hall–Kier alpha value is -2.50. The Morgan fingerprint density at radius 2 is 1.28 bits per heavy atom. The van der Waals surface area contributed by atoms with Crippen molar-refractivity contribution in [2.45, 2.75) is 20.0 Å². The molecule has 0 saturated heterocycles. The molecule has 0 amide bonds. The molecule has 8 heteroatoms. The van der Waals surface area contributed by atoms with E-state index in [9.17, 15) is 13.0 Å². The summed E-state index contributed by atoms with van der Waals surface area (Å²) in [6.45, 7) is 3.59. The fourth-order valence-electron chi connectivity index (χ4n) is 3.13. The molecular formula is C21H24N3O3PS. The van der Waals surface area contributed by atoms with Crippen LogP contribution in [0.5, 0.6) is 0 Å². The molecule has 3 aromatic rings. The molecule has 0 radical (unpaired) electrons. The summed E-state index contributed by atoms with van der Waals surface area (Å²) in [6.07, 6.45) is 1.37. The van der Waals surface area contributed by atoms with Gasteiger partial charge in [-0.15, -0.1) is 0 Å². The van der Waals surface area contributed by atoms with E-state index in [2.05, 4.69) is 9.97 Å². The van der Waals surface area contributed by atoms with E-state index in [1.165, 1.54) is 7.05 Å². The lowest BCUT2D eigenvalue weighted by Gasteiger charge is -2.22. The van der Waals surface area contributed by atoms with Crippen molar-refractivity contribution < 1.29 is 13.0 Å². The lowest BCUT2D eigenvalue weighted by Crippen LogP contribution is -2.27. The number of rotatable bonds is 6. The molecule has 1 aromatic heterocycles. The van der Waals surface area contributed by atoms with Gasteiger partial charge in [0.25, 0.3) is 0 Å². The topological polar surface area (TPSA) is 80.2 Å². The molecule has 6 nitrogen and oxygen atoms in total. The molecule has 29 heavy (non-hydrogen) atoms. The van der Waals surface area contributed by atoms with E-state index < -0.39 is 17.2 Å². The lowest BCUT2D eigenvalue weighted by molar-refractivity contribution is 0.586. The third-order valence-electron chi connectivity index (χ3n) is 4.92. The summed E-state index contributed by atoms with van der Waals surface area (Å²) in [5.41, 5.74) is 2.01. The lowest BCUT2D eigenvalue weighted by atomic mass is 10.2. The summed E-state index contributed by atoms with van der Waals surface area (Å²) in [5.74, 6) is 0.112. The van der Waals surface area contributed by atoms with Crippen molar-refractivity contribution in [3.05, 3.63) is 77.6 Å². The normalized spacial score (nSPS) is 12.0. The van der Waals surface area contributed by atoms with Gasteiger partial charge in [0.05, 0.1) is 6.26 Å². The first-order chi connectivity index (χ1) is 13.6. The maximum atomic E-state index is 14.3. The monoisotopic (exact) mass is 429 g/mol. The molecule has 2 aromatic carbocycles. The molecule has 0 saturated carbocycles. The smallest absolute Gasteiger partial charge is 0.239 e. The molecule has 0 aliphatic carbocycles. The first-order valence-corrected chi connectivity index (χ1v) is 12.9. The molecule has 3 rings (SSSR count). The molecule has 0 unspecified atom stereocenters. The van der Waals surface area contributed by atoms with Crippen molar-refractivity contribution in [1.29, 1.82) is 0 Å². The summed E-state index contributed by atoms with van der Waals surface area (Å²) in [6, 6.07) is 18.8. The van der Waals surface area contributed by atoms with Gasteiger partial charge in [-0.25, -0.2) is 22.7 Å². The van der Waals surface area contributed by atoms with Gasteiger partial charge >= 0.3 is 0 Å². The molecule has 0 atom stereocenters. The van der Waals surface area contributed by atoms with E-state index in [0.717, 1.165) is 26.7 Å². The van der Waals surface area contributed by atoms with Crippen LogP contribution in [-0.2, 0) is 20.8 Å². The van der Waals surface area contributed by atoms with Crippen LogP contribution in [0.2, 0.25) is 0 Å². The van der Waals surface area contributed by atoms with Gasteiger partial charge in [0.1, 0.15) is 7.14 Å². The number of sulfonamides is 1. The minimum absolute atomic E-state index is 0.112. The SMILES string of the molecule is Cc1nc(N(C)S(C)(=O)=O)nc(C)c1CP(=O)(c1ccccc1)c1ccccc1. The molecule has 0 N–H and O–H groups in total. The van der Waals surface area contributed by atoms with Crippen LogP contribution in [0.25, 0.3) is 0 Å². The van der Waals surface area contributed by atoms with Crippen LogP contribution in [0.1, 0.15) is 17.0 Å². The second kappa shape index (κ2) is 8.09. The summed E-state index contributed by atoms with van der Waals surface area (Å²) >= 11 is 0. The van der Waals surface area contributed by atoms with Crippen molar-refractivity contribution >= 4 is 33.7 Å². The Morgan fingerprint density at radius 1 is 0.862 bits per heavy atom. The zero-order valence-electron chi connectivity index (χ0n) is 16.9. The maximum absolute atomic E-state index is 14.3. The zero-order valence-corrected chi connectivity index (χ0v) is 18.6.